The van der Waals surface area contributed by atoms with Gasteiger partial charge in [-0.2, -0.15) is 4.52 Å². The number of nitrogens with one attached hydrogen (secondary N) is 1. The molecule has 188 valence electrons. The zero-order valence-corrected chi connectivity index (χ0v) is 21.5. The van der Waals surface area contributed by atoms with Gasteiger partial charge in [0.2, 0.25) is 0 Å². The van der Waals surface area contributed by atoms with Crippen molar-refractivity contribution < 1.29 is 9.47 Å². The third kappa shape index (κ3) is 4.73. The average Bonchev–Trinajstić information content (AvgIpc) is 3.29. The summed E-state index contributed by atoms with van der Waals surface area (Å²) < 4.78 is 13.0. The van der Waals surface area contributed by atoms with Crippen LogP contribution in [0.5, 0.6) is 11.5 Å². The summed E-state index contributed by atoms with van der Waals surface area (Å²) in [6, 6.07) is 25.6. The third-order valence-corrected chi connectivity index (χ3v) is 6.33. The van der Waals surface area contributed by atoms with E-state index in [0.717, 1.165) is 34.5 Å². The van der Waals surface area contributed by atoms with E-state index in [1.807, 2.05) is 105 Å². The van der Waals surface area contributed by atoms with Crippen LogP contribution in [0, 0.1) is 6.92 Å². The molecular formula is C30H30N4O3. The number of aryl methyl sites for hydroxylation is 1. The minimum atomic E-state index is -0.175. The summed E-state index contributed by atoms with van der Waals surface area (Å²) in [5, 5.41) is 3.35. The summed E-state index contributed by atoms with van der Waals surface area (Å²) in [5.41, 5.74) is 5.99. The molecule has 7 heteroatoms. The number of aromatic nitrogens is 3. The highest BCUT2D eigenvalue weighted by Crippen LogP contribution is 2.36. The number of likely N-dealkylation sites (N-methyl/N-ethyl adjacent to an activating group) is 1. The Balaban J connectivity index is 1.69. The van der Waals surface area contributed by atoms with E-state index in [0.29, 0.717) is 35.0 Å². The molecule has 0 aliphatic rings. The Morgan fingerprint density at radius 1 is 0.865 bits per heavy atom. The van der Waals surface area contributed by atoms with Gasteiger partial charge in [-0.1, -0.05) is 66.7 Å². The predicted molar refractivity (Wildman–Crippen MR) is 147 cm³/mol. The second kappa shape index (κ2) is 10.3. The van der Waals surface area contributed by atoms with Gasteiger partial charge in [0.05, 0.1) is 29.6 Å². The Morgan fingerprint density at radius 2 is 1.54 bits per heavy atom. The number of rotatable bonds is 8. The first-order valence-electron chi connectivity index (χ1n) is 12.2. The minimum Gasteiger partial charge on any atom is -0.493 e. The van der Waals surface area contributed by atoms with Crippen LogP contribution in [0.2, 0.25) is 0 Å². The van der Waals surface area contributed by atoms with Crippen LogP contribution in [-0.2, 0) is 0 Å². The second-order valence-corrected chi connectivity index (χ2v) is 9.15. The number of benzene rings is 3. The molecule has 0 aliphatic heterocycles. The van der Waals surface area contributed by atoms with Gasteiger partial charge in [0, 0.05) is 12.1 Å². The number of ether oxygens (including phenoxy) is 2. The summed E-state index contributed by atoms with van der Waals surface area (Å²) >= 11 is 0. The summed E-state index contributed by atoms with van der Waals surface area (Å²) in [4.78, 5) is 21.0. The van der Waals surface area contributed by atoms with E-state index in [2.05, 4.69) is 5.10 Å². The zero-order valence-electron chi connectivity index (χ0n) is 21.5. The lowest BCUT2D eigenvalue weighted by Crippen LogP contribution is -2.20. The fourth-order valence-corrected chi connectivity index (χ4v) is 4.49. The highest BCUT2D eigenvalue weighted by molar-refractivity contribution is 5.91. The Kier molecular flexibility index (Phi) is 6.79. The number of hydrogen-bond donors (Lipinski definition) is 1. The molecule has 7 nitrogen and oxygen atoms in total. The first-order chi connectivity index (χ1) is 18.0. The molecule has 0 saturated carbocycles. The average molecular weight is 495 g/mol. The van der Waals surface area contributed by atoms with Gasteiger partial charge < -0.3 is 14.4 Å². The van der Waals surface area contributed by atoms with E-state index in [4.69, 9.17) is 14.5 Å². The van der Waals surface area contributed by atoms with E-state index in [9.17, 15) is 4.79 Å². The van der Waals surface area contributed by atoms with Gasteiger partial charge in [-0.3, -0.25) is 9.89 Å². The Morgan fingerprint density at radius 3 is 2.19 bits per heavy atom. The van der Waals surface area contributed by atoms with Gasteiger partial charge in [0.15, 0.2) is 17.1 Å². The topological polar surface area (TPSA) is 71.9 Å². The van der Waals surface area contributed by atoms with E-state index in [1.54, 1.807) is 11.6 Å². The monoisotopic (exact) mass is 494 g/mol. The molecular weight excluding hydrogens is 464 g/mol. The molecule has 0 amide bonds. The van der Waals surface area contributed by atoms with Crippen molar-refractivity contribution in [3.05, 3.63) is 94.9 Å². The van der Waals surface area contributed by atoms with Crippen LogP contribution in [0.4, 0.5) is 0 Å². The summed E-state index contributed by atoms with van der Waals surface area (Å²) in [5.74, 6) is 1.21. The lowest BCUT2D eigenvalue weighted by atomic mass is 10.0. The van der Waals surface area contributed by atoms with Crippen molar-refractivity contribution in [2.75, 3.05) is 34.4 Å². The molecule has 0 bridgehead atoms. The molecule has 0 radical (unpaired) electrons. The quantitative estimate of drug-likeness (QED) is 0.318. The normalized spacial score (nSPS) is 11.3. The van der Waals surface area contributed by atoms with Crippen molar-refractivity contribution in [3.8, 4) is 45.0 Å². The summed E-state index contributed by atoms with van der Waals surface area (Å²) in [7, 11) is 5.59. The maximum atomic E-state index is 14.0. The largest absolute Gasteiger partial charge is 0.493 e. The number of nitrogens with zero attached hydrogens (tertiary/aromatic N) is 3. The van der Waals surface area contributed by atoms with Gasteiger partial charge >= 0.3 is 0 Å². The van der Waals surface area contributed by atoms with E-state index in [-0.39, 0.29) is 5.56 Å². The number of aromatic amines is 1. The van der Waals surface area contributed by atoms with E-state index >= 15 is 0 Å². The SMILES string of the molecule is COc1ccc(-c2c(C)nc3c(-c4ccccc4)c(-c4ccccc4)[nH]n3c2=O)cc1OCCN(C)C. The van der Waals surface area contributed by atoms with Gasteiger partial charge in [-0.15, -0.1) is 0 Å². The number of methoxy groups -OCH3 is 1. The van der Waals surface area contributed by atoms with Crippen LogP contribution >= 0.6 is 0 Å². The van der Waals surface area contributed by atoms with Crippen molar-refractivity contribution in [2.45, 2.75) is 6.92 Å². The molecule has 0 unspecified atom stereocenters. The Hall–Kier alpha value is -4.36. The maximum Gasteiger partial charge on any atom is 0.280 e. The molecule has 0 saturated heterocycles. The first kappa shape index (κ1) is 24.3. The molecule has 1 N–H and O–H groups in total. The van der Waals surface area contributed by atoms with Gasteiger partial charge in [-0.25, -0.2) is 4.98 Å². The van der Waals surface area contributed by atoms with Crippen LogP contribution in [0.25, 0.3) is 39.2 Å². The number of hydrogen-bond acceptors (Lipinski definition) is 5. The molecule has 2 aromatic heterocycles. The Labute approximate surface area is 215 Å². The second-order valence-electron chi connectivity index (χ2n) is 9.15. The maximum absolute atomic E-state index is 14.0. The molecule has 5 rings (SSSR count). The van der Waals surface area contributed by atoms with E-state index < -0.39 is 0 Å². The zero-order chi connectivity index (χ0) is 25.9. The fraction of sp³-hybridized carbons (Fsp3) is 0.200. The van der Waals surface area contributed by atoms with Crippen molar-refractivity contribution in [2.24, 2.45) is 0 Å². The van der Waals surface area contributed by atoms with Crippen molar-refractivity contribution in [1.29, 1.82) is 0 Å². The smallest absolute Gasteiger partial charge is 0.280 e. The van der Waals surface area contributed by atoms with E-state index in [1.165, 1.54) is 0 Å². The first-order valence-corrected chi connectivity index (χ1v) is 12.2. The van der Waals surface area contributed by atoms with Crippen molar-refractivity contribution in [1.82, 2.24) is 19.5 Å². The van der Waals surface area contributed by atoms with Gasteiger partial charge in [-0.05, 0) is 44.3 Å². The van der Waals surface area contributed by atoms with Crippen LogP contribution in [-0.4, -0.2) is 53.9 Å². The molecule has 0 atom stereocenters. The number of H-pyrrole nitrogens is 1. The molecule has 2 heterocycles. The molecule has 0 spiro atoms. The molecule has 3 aromatic carbocycles. The van der Waals surface area contributed by atoms with Gasteiger partial charge in [0.25, 0.3) is 5.56 Å². The highest BCUT2D eigenvalue weighted by atomic mass is 16.5. The third-order valence-electron chi connectivity index (χ3n) is 6.33. The Bertz CT molecular complexity index is 1590. The van der Waals surface area contributed by atoms with Gasteiger partial charge in [0.1, 0.15) is 6.61 Å². The van der Waals surface area contributed by atoms with Crippen molar-refractivity contribution in [3.63, 3.8) is 0 Å². The standard InChI is InChI=1S/C30H30N4O3/c1-20-26(23-15-16-24(36-4)25(19-23)37-18-17-33(2)3)30(35)34-29(31-20)27(21-11-7-5-8-12-21)28(32-34)22-13-9-6-10-14-22/h5-16,19,32H,17-18H2,1-4H3. The fourth-order valence-electron chi connectivity index (χ4n) is 4.49. The van der Waals surface area contributed by atoms with Crippen LogP contribution < -0.4 is 15.0 Å². The van der Waals surface area contributed by atoms with Crippen LogP contribution in [0.15, 0.2) is 83.7 Å². The number of fused-ring (bicyclic) bond motifs is 1. The predicted octanol–water partition coefficient (Wildman–Crippen LogP) is 5.28. The molecule has 5 aromatic rings. The molecule has 0 aliphatic carbocycles. The molecule has 0 fully saturated rings. The summed E-state index contributed by atoms with van der Waals surface area (Å²) in [6.07, 6.45) is 0. The van der Waals surface area contributed by atoms with Crippen LogP contribution in [0.1, 0.15) is 5.69 Å². The minimum absolute atomic E-state index is 0.175. The van der Waals surface area contributed by atoms with Crippen LogP contribution in [0.3, 0.4) is 0 Å². The highest BCUT2D eigenvalue weighted by Gasteiger charge is 2.22. The van der Waals surface area contributed by atoms with Crippen molar-refractivity contribution >= 4 is 5.65 Å². The lowest BCUT2D eigenvalue weighted by molar-refractivity contribution is 0.251. The molecule has 37 heavy (non-hydrogen) atoms. The lowest BCUT2D eigenvalue weighted by Gasteiger charge is -2.15. The summed E-state index contributed by atoms with van der Waals surface area (Å²) in [6.45, 7) is 3.13.